The standard InChI is InChI=1S/C16H23N/c1-16(2,3)17-11-10-15(17)14-7-5-4-6-13(14)12-8-9-12/h4-7,12,15H,8-11H2,1-3H3. The first-order chi connectivity index (χ1) is 8.07. The minimum Gasteiger partial charge on any atom is -0.291 e. The van der Waals surface area contributed by atoms with Crippen LogP contribution in [0.1, 0.15) is 63.1 Å². The zero-order valence-electron chi connectivity index (χ0n) is 11.2. The van der Waals surface area contributed by atoms with Crippen LogP contribution >= 0.6 is 0 Å². The molecule has 0 bridgehead atoms. The zero-order chi connectivity index (χ0) is 12.0. The van der Waals surface area contributed by atoms with Crippen LogP contribution in [0.15, 0.2) is 24.3 Å². The smallest absolute Gasteiger partial charge is 0.0368 e. The van der Waals surface area contributed by atoms with Gasteiger partial charge in [-0.25, -0.2) is 0 Å². The Bertz CT molecular complexity index is 412. The van der Waals surface area contributed by atoms with Crippen molar-refractivity contribution in [1.29, 1.82) is 0 Å². The second-order valence-corrected chi connectivity index (χ2v) is 6.57. The second-order valence-electron chi connectivity index (χ2n) is 6.57. The van der Waals surface area contributed by atoms with Crippen LogP contribution < -0.4 is 0 Å². The van der Waals surface area contributed by atoms with E-state index in [9.17, 15) is 0 Å². The highest BCUT2D eigenvalue weighted by atomic mass is 15.3. The van der Waals surface area contributed by atoms with E-state index in [0.29, 0.717) is 11.6 Å². The Morgan fingerprint density at radius 3 is 2.12 bits per heavy atom. The topological polar surface area (TPSA) is 3.24 Å². The third kappa shape index (κ3) is 2.01. The summed E-state index contributed by atoms with van der Waals surface area (Å²) >= 11 is 0. The maximum Gasteiger partial charge on any atom is 0.0368 e. The minimum atomic E-state index is 0.305. The van der Waals surface area contributed by atoms with E-state index in [1.807, 2.05) is 0 Å². The average Bonchev–Trinajstić information content (AvgIpc) is 2.97. The van der Waals surface area contributed by atoms with Crippen molar-refractivity contribution in [2.45, 2.75) is 57.5 Å². The lowest BCUT2D eigenvalue weighted by molar-refractivity contribution is -0.0000474. The van der Waals surface area contributed by atoms with Crippen LogP contribution in [0.4, 0.5) is 0 Å². The van der Waals surface area contributed by atoms with Gasteiger partial charge in [0.1, 0.15) is 0 Å². The van der Waals surface area contributed by atoms with E-state index >= 15 is 0 Å². The summed E-state index contributed by atoms with van der Waals surface area (Å²) in [6.45, 7) is 8.25. The van der Waals surface area contributed by atoms with Crippen molar-refractivity contribution in [2.75, 3.05) is 6.54 Å². The van der Waals surface area contributed by atoms with Gasteiger partial charge in [0.15, 0.2) is 0 Å². The van der Waals surface area contributed by atoms with Gasteiger partial charge in [0, 0.05) is 18.1 Å². The van der Waals surface area contributed by atoms with E-state index in [1.165, 1.54) is 25.8 Å². The van der Waals surface area contributed by atoms with Gasteiger partial charge in [0.2, 0.25) is 0 Å². The van der Waals surface area contributed by atoms with Crippen molar-refractivity contribution in [2.24, 2.45) is 0 Å². The molecule has 1 aliphatic heterocycles. The minimum absolute atomic E-state index is 0.305. The van der Waals surface area contributed by atoms with Crippen LogP contribution in [0.25, 0.3) is 0 Å². The Balaban J connectivity index is 1.89. The molecule has 0 radical (unpaired) electrons. The third-order valence-corrected chi connectivity index (χ3v) is 4.25. The molecule has 2 aliphatic rings. The van der Waals surface area contributed by atoms with E-state index in [2.05, 4.69) is 49.9 Å². The summed E-state index contributed by atoms with van der Waals surface area (Å²) in [5, 5.41) is 0. The molecule has 1 atom stereocenters. The summed E-state index contributed by atoms with van der Waals surface area (Å²) in [5.74, 6) is 0.869. The molecule has 0 N–H and O–H groups in total. The van der Waals surface area contributed by atoms with Gasteiger partial charge in [-0.15, -0.1) is 0 Å². The van der Waals surface area contributed by atoms with Crippen LogP contribution in [-0.2, 0) is 0 Å². The normalized spacial score (nSPS) is 25.7. The van der Waals surface area contributed by atoms with Gasteiger partial charge in [-0.3, -0.25) is 4.90 Å². The SMILES string of the molecule is CC(C)(C)N1CCC1c1ccccc1C1CC1. The molecule has 2 fully saturated rings. The molecule has 1 heterocycles. The van der Waals surface area contributed by atoms with Crippen molar-refractivity contribution in [3.8, 4) is 0 Å². The van der Waals surface area contributed by atoms with E-state index in [0.717, 1.165) is 5.92 Å². The second kappa shape index (κ2) is 3.84. The lowest BCUT2D eigenvalue weighted by Crippen LogP contribution is -2.52. The summed E-state index contributed by atoms with van der Waals surface area (Å²) < 4.78 is 0. The summed E-state index contributed by atoms with van der Waals surface area (Å²) in [7, 11) is 0. The largest absolute Gasteiger partial charge is 0.291 e. The third-order valence-electron chi connectivity index (χ3n) is 4.25. The van der Waals surface area contributed by atoms with E-state index in [4.69, 9.17) is 0 Å². The number of likely N-dealkylation sites (tertiary alicyclic amines) is 1. The number of hydrogen-bond acceptors (Lipinski definition) is 1. The average molecular weight is 229 g/mol. The number of rotatable bonds is 2. The van der Waals surface area contributed by atoms with Gasteiger partial charge in [-0.2, -0.15) is 0 Å². The van der Waals surface area contributed by atoms with Gasteiger partial charge in [-0.05, 0) is 57.1 Å². The highest BCUT2D eigenvalue weighted by molar-refractivity contribution is 5.36. The highest BCUT2D eigenvalue weighted by Crippen LogP contribution is 2.47. The fourth-order valence-electron chi connectivity index (χ4n) is 3.09. The number of hydrogen-bond donors (Lipinski definition) is 0. The maximum atomic E-state index is 2.65. The molecule has 0 aromatic heterocycles. The van der Waals surface area contributed by atoms with Crippen molar-refractivity contribution in [3.63, 3.8) is 0 Å². The molecule has 92 valence electrons. The summed E-state index contributed by atoms with van der Waals surface area (Å²) in [4.78, 5) is 2.65. The first-order valence-electron chi connectivity index (χ1n) is 6.93. The molecule has 1 aliphatic carbocycles. The monoisotopic (exact) mass is 229 g/mol. The van der Waals surface area contributed by atoms with Gasteiger partial charge in [-0.1, -0.05) is 24.3 Å². The maximum absolute atomic E-state index is 2.65. The molecular weight excluding hydrogens is 206 g/mol. The number of nitrogens with zero attached hydrogens (tertiary/aromatic N) is 1. The van der Waals surface area contributed by atoms with E-state index in [1.54, 1.807) is 11.1 Å². The Kier molecular flexibility index (Phi) is 2.55. The lowest BCUT2D eigenvalue weighted by atomic mass is 9.85. The van der Waals surface area contributed by atoms with Gasteiger partial charge in [0.05, 0.1) is 0 Å². The molecule has 1 unspecified atom stereocenters. The molecule has 3 rings (SSSR count). The van der Waals surface area contributed by atoms with Crippen molar-refractivity contribution < 1.29 is 0 Å². The Morgan fingerprint density at radius 1 is 1.00 bits per heavy atom. The van der Waals surface area contributed by atoms with Crippen molar-refractivity contribution >= 4 is 0 Å². The molecule has 1 aromatic carbocycles. The predicted octanol–water partition coefficient (Wildman–Crippen LogP) is 4.11. The van der Waals surface area contributed by atoms with Crippen LogP contribution in [0.3, 0.4) is 0 Å². The fourth-order valence-corrected chi connectivity index (χ4v) is 3.09. The lowest BCUT2D eigenvalue weighted by Gasteiger charge is -2.50. The van der Waals surface area contributed by atoms with Crippen LogP contribution in [0.5, 0.6) is 0 Å². The molecule has 17 heavy (non-hydrogen) atoms. The predicted molar refractivity (Wildman–Crippen MR) is 72.2 cm³/mol. The van der Waals surface area contributed by atoms with Crippen LogP contribution in [0.2, 0.25) is 0 Å². The first kappa shape index (κ1) is 11.3. The first-order valence-corrected chi connectivity index (χ1v) is 6.93. The van der Waals surface area contributed by atoms with E-state index < -0.39 is 0 Å². The zero-order valence-corrected chi connectivity index (χ0v) is 11.2. The molecule has 0 spiro atoms. The Labute approximate surface area is 105 Å². The Morgan fingerprint density at radius 2 is 1.65 bits per heavy atom. The molecule has 0 amide bonds. The summed E-state index contributed by atoms with van der Waals surface area (Å²) in [6.07, 6.45) is 4.14. The van der Waals surface area contributed by atoms with Crippen molar-refractivity contribution in [1.82, 2.24) is 4.90 Å². The highest BCUT2D eigenvalue weighted by Gasteiger charge is 2.39. The molecule has 1 nitrogen and oxygen atoms in total. The molecule has 1 saturated carbocycles. The summed E-state index contributed by atoms with van der Waals surface area (Å²) in [6, 6.07) is 9.80. The van der Waals surface area contributed by atoms with Crippen molar-refractivity contribution in [3.05, 3.63) is 35.4 Å². The van der Waals surface area contributed by atoms with E-state index in [-0.39, 0.29) is 0 Å². The molecular formula is C16H23N. The van der Waals surface area contributed by atoms with Crippen LogP contribution in [-0.4, -0.2) is 17.0 Å². The van der Waals surface area contributed by atoms with Crippen LogP contribution in [0, 0.1) is 0 Å². The van der Waals surface area contributed by atoms with Gasteiger partial charge in [0.25, 0.3) is 0 Å². The Hall–Kier alpha value is -0.820. The molecule has 1 aromatic rings. The quantitative estimate of drug-likeness (QED) is 0.737. The fraction of sp³-hybridized carbons (Fsp3) is 0.625. The summed E-state index contributed by atoms with van der Waals surface area (Å²) in [5.41, 5.74) is 3.54. The van der Waals surface area contributed by atoms with Gasteiger partial charge < -0.3 is 0 Å². The molecule has 1 saturated heterocycles. The molecule has 1 heteroatoms. The van der Waals surface area contributed by atoms with Gasteiger partial charge >= 0.3 is 0 Å². The number of benzene rings is 1.